The van der Waals surface area contributed by atoms with E-state index in [0.717, 1.165) is 24.2 Å². The Kier molecular flexibility index (Phi) is 3.92. The highest BCUT2D eigenvalue weighted by molar-refractivity contribution is 5.71. The van der Waals surface area contributed by atoms with Gasteiger partial charge in [0.05, 0.1) is 0 Å². The molecule has 0 saturated heterocycles. The predicted molar refractivity (Wildman–Crippen MR) is 100 cm³/mol. The first-order valence-electron chi connectivity index (χ1n) is 8.41. The van der Waals surface area contributed by atoms with Crippen molar-refractivity contribution in [3.63, 3.8) is 0 Å². The molecule has 0 radical (unpaired) electrons. The van der Waals surface area contributed by atoms with Gasteiger partial charge in [-0.2, -0.15) is 0 Å². The van der Waals surface area contributed by atoms with Crippen LogP contribution in [0.4, 0.5) is 0 Å². The van der Waals surface area contributed by atoms with Crippen molar-refractivity contribution < 1.29 is 4.74 Å². The van der Waals surface area contributed by atoms with Gasteiger partial charge in [-0.3, -0.25) is 0 Å². The third-order valence-electron chi connectivity index (χ3n) is 4.69. The van der Waals surface area contributed by atoms with E-state index < -0.39 is 0 Å². The van der Waals surface area contributed by atoms with Crippen LogP contribution in [0, 0.1) is 0 Å². The summed E-state index contributed by atoms with van der Waals surface area (Å²) in [5.74, 6) is 0.941. The highest BCUT2D eigenvalue weighted by atomic mass is 16.5. The van der Waals surface area contributed by atoms with Gasteiger partial charge in [0.25, 0.3) is 0 Å². The number of rotatable bonds is 4. The van der Waals surface area contributed by atoms with Crippen LogP contribution in [0.3, 0.4) is 0 Å². The fourth-order valence-corrected chi connectivity index (χ4v) is 3.47. The van der Waals surface area contributed by atoms with Crippen LogP contribution in [0.1, 0.15) is 29.2 Å². The Balaban J connectivity index is 1.67. The zero-order valence-electron chi connectivity index (χ0n) is 13.6. The molecule has 0 unspecified atom stereocenters. The lowest BCUT2D eigenvalue weighted by Crippen LogP contribution is -2.03. The van der Waals surface area contributed by atoms with E-state index in [4.69, 9.17) is 4.74 Å². The monoisotopic (exact) mass is 312 g/mol. The van der Waals surface area contributed by atoms with E-state index in [-0.39, 0.29) is 6.10 Å². The topological polar surface area (TPSA) is 9.23 Å². The lowest BCUT2D eigenvalue weighted by atomic mass is 9.96. The second kappa shape index (κ2) is 6.37. The normalized spacial score (nSPS) is 15.8. The van der Waals surface area contributed by atoms with E-state index in [9.17, 15) is 0 Å². The van der Waals surface area contributed by atoms with E-state index in [1.54, 1.807) is 0 Å². The van der Waals surface area contributed by atoms with Crippen molar-refractivity contribution in [3.8, 4) is 16.9 Å². The average Bonchev–Trinajstić information content (AvgIpc) is 3.06. The molecule has 3 aromatic carbocycles. The van der Waals surface area contributed by atoms with Crippen LogP contribution >= 0.6 is 0 Å². The molecule has 4 rings (SSSR count). The Bertz CT molecular complexity index is 847. The molecular weight excluding hydrogens is 292 g/mol. The molecule has 1 nitrogen and oxygen atoms in total. The van der Waals surface area contributed by atoms with Gasteiger partial charge in [-0.1, -0.05) is 73.3 Å². The molecule has 1 atom stereocenters. The molecule has 0 bridgehead atoms. The summed E-state index contributed by atoms with van der Waals surface area (Å²) in [4.78, 5) is 0. The lowest BCUT2D eigenvalue weighted by Gasteiger charge is -2.16. The first kappa shape index (κ1) is 14.8. The molecule has 1 aliphatic rings. The smallest absolute Gasteiger partial charge is 0.124 e. The summed E-state index contributed by atoms with van der Waals surface area (Å²) >= 11 is 0. The summed E-state index contributed by atoms with van der Waals surface area (Å²) < 4.78 is 6.22. The molecular formula is C23H20O. The van der Waals surface area contributed by atoms with Gasteiger partial charge < -0.3 is 4.74 Å². The molecule has 0 spiro atoms. The zero-order valence-corrected chi connectivity index (χ0v) is 13.6. The van der Waals surface area contributed by atoms with Crippen LogP contribution < -0.4 is 4.74 Å². The van der Waals surface area contributed by atoms with Crippen LogP contribution in [0.2, 0.25) is 0 Å². The SMILES string of the molecule is C=Cc1ccc(-c2cccc3c2CC[C@H]3Oc2ccccc2)cc1. The predicted octanol–water partition coefficient (Wildman–Crippen LogP) is 6.06. The summed E-state index contributed by atoms with van der Waals surface area (Å²) in [6.45, 7) is 3.82. The Hall–Kier alpha value is -2.80. The molecule has 0 aromatic heterocycles. The molecule has 0 aliphatic heterocycles. The quantitative estimate of drug-likeness (QED) is 0.568. The second-order valence-corrected chi connectivity index (χ2v) is 6.16. The van der Waals surface area contributed by atoms with Gasteiger partial charge in [0.15, 0.2) is 0 Å². The second-order valence-electron chi connectivity index (χ2n) is 6.16. The Morgan fingerprint density at radius 3 is 2.42 bits per heavy atom. The van der Waals surface area contributed by atoms with E-state index in [2.05, 4.69) is 49.0 Å². The standard InChI is InChI=1S/C23H20O/c1-2-17-11-13-18(14-12-17)20-9-6-10-22-21(20)15-16-23(22)24-19-7-4-3-5-8-19/h2-14,23H,1,15-16H2/t23-/m1/s1. The number of hydrogen-bond donors (Lipinski definition) is 0. The molecule has 24 heavy (non-hydrogen) atoms. The summed E-state index contributed by atoms with van der Waals surface area (Å²) in [5.41, 5.74) is 6.48. The van der Waals surface area contributed by atoms with Crippen molar-refractivity contribution in [1.29, 1.82) is 0 Å². The molecule has 1 aliphatic carbocycles. The summed E-state index contributed by atoms with van der Waals surface area (Å²) in [7, 11) is 0. The minimum Gasteiger partial charge on any atom is -0.486 e. The number of benzene rings is 3. The van der Waals surface area contributed by atoms with Crippen LogP contribution in [0.25, 0.3) is 17.2 Å². The molecule has 0 amide bonds. The maximum Gasteiger partial charge on any atom is 0.124 e. The van der Waals surface area contributed by atoms with Crippen LogP contribution in [-0.2, 0) is 6.42 Å². The molecule has 3 aromatic rings. The van der Waals surface area contributed by atoms with E-state index in [0.29, 0.717) is 0 Å². The largest absolute Gasteiger partial charge is 0.486 e. The molecule has 118 valence electrons. The van der Waals surface area contributed by atoms with Gasteiger partial charge >= 0.3 is 0 Å². The van der Waals surface area contributed by atoms with Crippen molar-refractivity contribution in [2.45, 2.75) is 18.9 Å². The molecule has 0 fully saturated rings. The first-order chi connectivity index (χ1) is 11.8. The fraction of sp³-hybridized carbons (Fsp3) is 0.130. The van der Waals surface area contributed by atoms with Gasteiger partial charge in [-0.25, -0.2) is 0 Å². The van der Waals surface area contributed by atoms with Gasteiger partial charge in [-0.05, 0) is 52.8 Å². The maximum absolute atomic E-state index is 6.22. The van der Waals surface area contributed by atoms with Crippen molar-refractivity contribution in [2.75, 3.05) is 0 Å². The van der Waals surface area contributed by atoms with Crippen molar-refractivity contribution >= 4 is 6.08 Å². The summed E-state index contributed by atoms with van der Waals surface area (Å²) in [6.07, 6.45) is 4.12. The molecule has 0 heterocycles. The zero-order chi connectivity index (χ0) is 16.4. The van der Waals surface area contributed by atoms with Crippen LogP contribution in [0.5, 0.6) is 5.75 Å². The lowest BCUT2D eigenvalue weighted by molar-refractivity contribution is 0.207. The molecule has 0 N–H and O–H groups in total. The van der Waals surface area contributed by atoms with Gasteiger partial charge in [-0.15, -0.1) is 0 Å². The maximum atomic E-state index is 6.22. The Morgan fingerprint density at radius 1 is 0.875 bits per heavy atom. The van der Waals surface area contributed by atoms with Crippen LogP contribution in [0.15, 0.2) is 79.4 Å². The molecule has 0 saturated carbocycles. The summed E-state index contributed by atoms with van der Waals surface area (Å²) in [6, 6.07) is 25.3. The van der Waals surface area contributed by atoms with Gasteiger partial charge in [0.2, 0.25) is 0 Å². The third kappa shape index (κ3) is 2.74. The number of ether oxygens (including phenoxy) is 1. The number of para-hydroxylation sites is 1. The van der Waals surface area contributed by atoms with E-state index in [1.807, 2.05) is 36.4 Å². The van der Waals surface area contributed by atoms with E-state index in [1.165, 1.54) is 22.3 Å². The Labute approximate surface area is 143 Å². The van der Waals surface area contributed by atoms with Gasteiger partial charge in [0.1, 0.15) is 11.9 Å². The minimum atomic E-state index is 0.148. The third-order valence-corrected chi connectivity index (χ3v) is 4.69. The van der Waals surface area contributed by atoms with E-state index >= 15 is 0 Å². The van der Waals surface area contributed by atoms with Crippen molar-refractivity contribution in [3.05, 3.63) is 96.1 Å². The highest BCUT2D eigenvalue weighted by Gasteiger charge is 2.26. The van der Waals surface area contributed by atoms with Crippen molar-refractivity contribution in [1.82, 2.24) is 0 Å². The highest BCUT2D eigenvalue weighted by Crippen LogP contribution is 2.40. The van der Waals surface area contributed by atoms with Crippen molar-refractivity contribution in [2.24, 2.45) is 0 Å². The Morgan fingerprint density at radius 2 is 1.67 bits per heavy atom. The number of fused-ring (bicyclic) bond motifs is 1. The number of hydrogen-bond acceptors (Lipinski definition) is 1. The minimum absolute atomic E-state index is 0.148. The summed E-state index contributed by atoms with van der Waals surface area (Å²) in [5, 5.41) is 0. The fourth-order valence-electron chi connectivity index (χ4n) is 3.47. The first-order valence-corrected chi connectivity index (χ1v) is 8.41. The van der Waals surface area contributed by atoms with Gasteiger partial charge in [0, 0.05) is 0 Å². The average molecular weight is 312 g/mol. The molecule has 1 heteroatoms. The van der Waals surface area contributed by atoms with Crippen LogP contribution in [-0.4, -0.2) is 0 Å².